The molecular weight excluding hydrogens is 704 g/mol. The zero-order valence-corrected chi connectivity index (χ0v) is 25.1. The first-order chi connectivity index (χ1) is 16.8. The van der Waals surface area contributed by atoms with Gasteiger partial charge in [0.1, 0.15) is 6.61 Å². The molecule has 1 fully saturated rings. The number of benzene rings is 3. The van der Waals surface area contributed by atoms with Crippen molar-refractivity contribution in [2.45, 2.75) is 13.5 Å². The standard InChI is InChI=1S/C25H17BrCl2INO3S2/c1-2-32-21-10-15(9-20(29)23(21)33-13-14-3-5-16(27)6-4-14)11-22-24(31)30(25(34)35-22)17-7-8-18(26)19(28)12-17/h3-12H,2,13H2,1H3/b22-11+. The number of carbonyl (C=O) groups is 1. The number of thioether (sulfide) groups is 1. The molecule has 4 rings (SSSR count). The monoisotopic (exact) mass is 719 g/mol. The molecule has 35 heavy (non-hydrogen) atoms. The summed E-state index contributed by atoms with van der Waals surface area (Å²) in [6.07, 6.45) is 1.81. The van der Waals surface area contributed by atoms with E-state index in [-0.39, 0.29) is 5.91 Å². The van der Waals surface area contributed by atoms with Gasteiger partial charge in [-0.15, -0.1) is 0 Å². The van der Waals surface area contributed by atoms with Gasteiger partial charge in [-0.25, -0.2) is 0 Å². The first-order valence-corrected chi connectivity index (χ1v) is 14.2. The average molecular weight is 721 g/mol. The van der Waals surface area contributed by atoms with Crippen LogP contribution < -0.4 is 14.4 Å². The average Bonchev–Trinajstić information content (AvgIpc) is 3.09. The Hall–Kier alpha value is -1.30. The Morgan fingerprint density at radius 2 is 1.86 bits per heavy atom. The third-order valence-corrected chi connectivity index (χ3v) is 8.47. The highest BCUT2D eigenvalue weighted by Gasteiger charge is 2.33. The van der Waals surface area contributed by atoms with Gasteiger partial charge in [0.2, 0.25) is 0 Å². The Labute approximate surface area is 245 Å². The molecule has 1 amide bonds. The number of nitrogens with zero attached hydrogens (tertiary/aromatic N) is 1. The number of ether oxygens (including phenoxy) is 2. The van der Waals surface area contributed by atoms with Crippen LogP contribution >= 0.6 is 85.7 Å². The van der Waals surface area contributed by atoms with Crippen molar-refractivity contribution in [3.8, 4) is 11.5 Å². The minimum atomic E-state index is -0.200. The van der Waals surface area contributed by atoms with Crippen LogP contribution in [0.25, 0.3) is 6.08 Å². The van der Waals surface area contributed by atoms with E-state index in [9.17, 15) is 4.79 Å². The summed E-state index contributed by atoms with van der Waals surface area (Å²) in [5.41, 5.74) is 2.43. The van der Waals surface area contributed by atoms with E-state index in [1.807, 2.05) is 49.4 Å². The second-order valence-corrected chi connectivity index (χ2v) is 11.8. The number of carbonyl (C=O) groups excluding carboxylic acids is 1. The lowest BCUT2D eigenvalue weighted by atomic mass is 10.1. The van der Waals surface area contributed by atoms with Crippen LogP contribution in [0.4, 0.5) is 5.69 Å². The van der Waals surface area contributed by atoms with Gasteiger partial charge in [-0.05, 0) is 105 Å². The number of hydrogen-bond acceptors (Lipinski definition) is 5. The fourth-order valence-electron chi connectivity index (χ4n) is 3.28. The predicted octanol–water partition coefficient (Wildman–Crippen LogP) is 8.74. The molecule has 0 N–H and O–H groups in total. The number of halogens is 4. The third kappa shape index (κ3) is 6.34. The van der Waals surface area contributed by atoms with Gasteiger partial charge in [0, 0.05) is 9.50 Å². The largest absolute Gasteiger partial charge is 0.490 e. The van der Waals surface area contributed by atoms with Crippen molar-refractivity contribution in [2.24, 2.45) is 0 Å². The molecule has 0 spiro atoms. The van der Waals surface area contributed by atoms with E-state index in [0.717, 1.165) is 19.2 Å². The van der Waals surface area contributed by atoms with E-state index >= 15 is 0 Å². The van der Waals surface area contributed by atoms with Crippen molar-refractivity contribution in [1.29, 1.82) is 0 Å². The molecule has 4 nitrogen and oxygen atoms in total. The predicted molar refractivity (Wildman–Crippen MR) is 161 cm³/mol. The van der Waals surface area contributed by atoms with Gasteiger partial charge in [0.05, 0.1) is 25.8 Å². The second-order valence-electron chi connectivity index (χ2n) is 7.29. The van der Waals surface area contributed by atoms with Crippen LogP contribution in [-0.2, 0) is 11.4 Å². The van der Waals surface area contributed by atoms with Gasteiger partial charge >= 0.3 is 0 Å². The molecule has 1 heterocycles. The summed E-state index contributed by atoms with van der Waals surface area (Å²) in [4.78, 5) is 15.2. The van der Waals surface area contributed by atoms with Crippen molar-refractivity contribution in [3.63, 3.8) is 0 Å². The minimum Gasteiger partial charge on any atom is -0.490 e. The van der Waals surface area contributed by atoms with Crippen molar-refractivity contribution in [1.82, 2.24) is 0 Å². The van der Waals surface area contributed by atoms with Crippen LogP contribution in [0.1, 0.15) is 18.1 Å². The van der Waals surface area contributed by atoms with E-state index in [1.165, 1.54) is 16.7 Å². The Morgan fingerprint density at radius 1 is 1.11 bits per heavy atom. The fourth-order valence-corrected chi connectivity index (χ4v) is 5.90. The highest BCUT2D eigenvalue weighted by atomic mass is 127. The quantitative estimate of drug-likeness (QED) is 0.139. The van der Waals surface area contributed by atoms with E-state index < -0.39 is 0 Å². The van der Waals surface area contributed by atoms with Crippen molar-refractivity contribution >= 4 is 108 Å². The number of rotatable bonds is 7. The molecular formula is C25H17BrCl2INO3S2. The summed E-state index contributed by atoms with van der Waals surface area (Å²) in [6, 6.07) is 16.6. The van der Waals surface area contributed by atoms with Crippen molar-refractivity contribution < 1.29 is 14.3 Å². The van der Waals surface area contributed by atoms with E-state index in [2.05, 4.69) is 38.5 Å². The van der Waals surface area contributed by atoms with Crippen LogP contribution in [-0.4, -0.2) is 16.8 Å². The smallest absolute Gasteiger partial charge is 0.270 e. The van der Waals surface area contributed by atoms with Crippen molar-refractivity contribution in [2.75, 3.05) is 11.5 Å². The molecule has 0 atom stereocenters. The number of thiocarbonyl (C=S) groups is 1. The first-order valence-electron chi connectivity index (χ1n) is 10.3. The summed E-state index contributed by atoms with van der Waals surface area (Å²) >= 11 is 24.5. The lowest BCUT2D eigenvalue weighted by Gasteiger charge is -2.15. The van der Waals surface area contributed by atoms with Gasteiger partial charge in [0.25, 0.3) is 5.91 Å². The van der Waals surface area contributed by atoms with Gasteiger partial charge in [0.15, 0.2) is 15.8 Å². The summed E-state index contributed by atoms with van der Waals surface area (Å²) in [6.45, 7) is 2.77. The summed E-state index contributed by atoms with van der Waals surface area (Å²) < 4.78 is 14.0. The van der Waals surface area contributed by atoms with Crippen LogP contribution in [0.2, 0.25) is 10.0 Å². The zero-order chi connectivity index (χ0) is 25.1. The Bertz CT molecular complexity index is 1340. The molecule has 0 saturated carbocycles. The van der Waals surface area contributed by atoms with Crippen molar-refractivity contribution in [3.05, 3.63) is 88.7 Å². The van der Waals surface area contributed by atoms with E-state index in [4.69, 9.17) is 44.9 Å². The maximum absolute atomic E-state index is 13.2. The molecule has 0 radical (unpaired) electrons. The van der Waals surface area contributed by atoms with E-state index in [1.54, 1.807) is 18.2 Å². The second kappa shape index (κ2) is 11.8. The molecule has 0 aliphatic carbocycles. The molecule has 10 heteroatoms. The molecule has 3 aromatic rings. The topological polar surface area (TPSA) is 38.8 Å². The Morgan fingerprint density at radius 3 is 2.54 bits per heavy atom. The lowest BCUT2D eigenvalue weighted by molar-refractivity contribution is -0.113. The van der Waals surface area contributed by atoms with E-state index in [0.29, 0.717) is 49.7 Å². The highest BCUT2D eigenvalue weighted by molar-refractivity contribution is 14.1. The van der Waals surface area contributed by atoms with Crippen LogP contribution in [0.3, 0.4) is 0 Å². The molecule has 1 aliphatic heterocycles. The third-order valence-electron chi connectivity index (χ3n) is 4.88. The zero-order valence-electron chi connectivity index (χ0n) is 18.2. The number of anilines is 1. The normalized spacial score (nSPS) is 14.7. The van der Waals surface area contributed by atoms with Gasteiger partial charge in [-0.3, -0.25) is 9.69 Å². The first kappa shape index (κ1) is 26.8. The lowest BCUT2D eigenvalue weighted by Crippen LogP contribution is -2.27. The van der Waals surface area contributed by atoms with Crippen LogP contribution in [0, 0.1) is 3.57 Å². The van der Waals surface area contributed by atoms with Gasteiger partial charge in [-0.2, -0.15) is 0 Å². The fraction of sp³-hybridized carbons (Fsp3) is 0.120. The van der Waals surface area contributed by atoms with Gasteiger partial charge < -0.3 is 9.47 Å². The molecule has 0 unspecified atom stereocenters. The Balaban J connectivity index is 1.60. The Kier molecular flexibility index (Phi) is 9.04. The number of amides is 1. The summed E-state index contributed by atoms with van der Waals surface area (Å²) in [7, 11) is 0. The van der Waals surface area contributed by atoms with Gasteiger partial charge in [-0.1, -0.05) is 59.3 Å². The SMILES string of the molecule is CCOc1cc(/C=C2/SC(=S)N(c3ccc(Br)c(Cl)c3)C2=O)cc(I)c1OCc1ccc(Cl)cc1. The molecule has 0 aromatic heterocycles. The molecule has 0 bridgehead atoms. The van der Waals surface area contributed by atoms with Crippen LogP contribution in [0.15, 0.2) is 64.0 Å². The number of hydrogen-bond donors (Lipinski definition) is 0. The molecule has 1 saturated heterocycles. The molecule has 1 aliphatic rings. The minimum absolute atomic E-state index is 0.200. The molecule has 3 aromatic carbocycles. The maximum Gasteiger partial charge on any atom is 0.270 e. The summed E-state index contributed by atoms with van der Waals surface area (Å²) in [5.74, 6) is 1.06. The van der Waals surface area contributed by atoms with Crippen LogP contribution in [0.5, 0.6) is 11.5 Å². The highest BCUT2D eigenvalue weighted by Crippen LogP contribution is 2.40. The summed E-state index contributed by atoms with van der Waals surface area (Å²) in [5, 5.41) is 1.18. The maximum atomic E-state index is 13.2. The molecule has 180 valence electrons.